The van der Waals surface area contributed by atoms with E-state index in [2.05, 4.69) is 0 Å². The Labute approximate surface area is 66.9 Å². The molecule has 2 atom stereocenters. The smallest absolute Gasteiger partial charge is 0.0726 e. The molecule has 0 aliphatic carbocycles. The van der Waals surface area contributed by atoms with Crippen LogP contribution in [0.5, 0.6) is 0 Å². The molecule has 0 spiro atoms. The van der Waals surface area contributed by atoms with Gasteiger partial charge in [0.15, 0.2) is 0 Å². The molecule has 10 heavy (non-hydrogen) atoms. The van der Waals surface area contributed by atoms with Crippen molar-refractivity contribution < 1.29 is 9.66 Å². The molecule has 1 rings (SSSR count). The van der Waals surface area contributed by atoms with Crippen molar-refractivity contribution in [2.24, 2.45) is 0 Å². The summed E-state index contributed by atoms with van der Waals surface area (Å²) in [5.74, 6) is 1.44. The lowest BCUT2D eigenvalue weighted by atomic mass is 10.1. The lowest BCUT2D eigenvalue weighted by Crippen LogP contribution is -2.33. The molecule has 1 heterocycles. The maximum absolute atomic E-state index is 9.54. The van der Waals surface area contributed by atoms with Crippen molar-refractivity contribution in [1.29, 1.82) is 0 Å². The van der Waals surface area contributed by atoms with Gasteiger partial charge in [-0.1, -0.05) is 20.1 Å². The molecule has 0 saturated carbocycles. The predicted molar refractivity (Wildman–Crippen MR) is 48.7 cm³/mol. The first-order valence-corrected chi connectivity index (χ1v) is 6.94. The van der Waals surface area contributed by atoms with Crippen LogP contribution in [0.15, 0.2) is 0 Å². The van der Waals surface area contributed by atoms with Crippen LogP contribution in [0, 0.1) is 0 Å². The summed E-state index contributed by atoms with van der Waals surface area (Å²) in [6.07, 6.45) is 2.62. The first-order valence-electron chi connectivity index (χ1n) is 3.27. The summed E-state index contributed by atoms with van der Waals surface area (Å²) < 4.78 is 9.54. The highest BCUT2D eigenvalue weighted by Crippen LogP contribution is 2.58. The molecule has 62 valence electrons. The average molecular weight is 182 g/mol. The summed E-state index contributed by atoms with van der Waals surface area (Å²) >= 11 is 0. The fourth-order valence-electron chi connectivity index (χ4n) is 0.794. The zero-order valence-corrected chi connectivity index (χ0v) is 7.97. The summed E-state index contributed by atoms with van der Waals surface area (Å²) in [6, 6.07) is 0. The van der Waals surface area contributed by atoms with E-state index in [1.54, 1.807) is 0 Å². The van der Waals surface area contributed by atoms with E-state index in [-0.39, 0.29) is 0 Å². The van der Waals surface area contributed by atoms with Gasteiger partial charge in [-0.05, 0) is 19.6 Å². The highest BCUT2D eigenvalue weighted by atomic mass is 33.2. The van der Waals surface area contributed by atoms with E-state index in [1.165, 1.54) is 10.8 Å². The maximum atomic E-state index is 9.54. The predicted octanol–water partition coefficient (Wildman–Crippen LogP) is 1.70. The minimum Gasteiger partial charge on any atom is -0.389 e. The zero-order chi connectivity index (χ0) is 7.83. The zero-order valence-electron chi connectivity index (χ0n) is 6.33. The monoisotopic (exact) mass is 182 g/mol. The fraction of sp³-hybridized carbons (Fsp3) is 1.00. The molecule has 0 amide bonds. The molecule has 0 aromatic carbocycles. The van der Waals surface area contributed by atoms with Gasteiger partial charge >= 0.3 is 0 Å². The second-order valence-electron chi connectivity index (χ2n) is 3.17. The topological polar surface area (TPSA) is 40.5 Å². The molecule has 0 radical (unpaired) electrons. The van der Waals surface area contributed by atoms with Gasteiger partial charge < -0.3 is 9.66 Å². The summed E-state index contributed by atoms with van der Waals surface area (Å²) in [6.45, 7) is 1.83. The van der Waals surface area contributed by atoms with Gasteiger partial charge in [0.05, 0.1) is 5.60 Å². The minimum atomic E-state index is -1.40. The molecule has 0 aromatic rings. The van der Waals surface area contributed by atoms with Crippen LogP contribution in [0.1, 0.15) is 13.3 Å². The highest BCUT2D eigenvalue weighted by molar-refractivity contribution is 8.91. The molecule has 1 fully saturated rings. The van der Waals surface area contributed by atoms with Crippen molar-refractivity contribution in [1.82, 2.24) is 0 Å². The number of aliphatic hydroxyl groups is 1. The second kappa shape index (κ2) is 2.59. The third-order valence-corrected chi connectivity index (χ3v) is 6.23. The first-order chi connectivity index (χ1) is 4.41. The molecule has 4 heteroatoms. The molecule has 0 aromatic heterocycles. The van der Waals surface area contributed by atoms with Crippen molar-refractivity contribution in [3.63, 3.8) is 0 Å². The van der Waals surface area contributed by atoms with E-state index in [9.17, 15) is 9.66 Å². The maximum Gasteiger partial charge on any atom is 0.0726 e. The Hall–Kier alpha value is 0.620. The van der Waals surface area contributed by atoms with Gasteiger partial charge in [0, 0.05) is 11.5 Å². The normalized spacial score (nSPS) is 55.6. The Kier molecular flexibility index (Phi) is 2.26. The number of hydrogen-bond acceptors (Lipinski definition) is 3. The van der Waals surface area contributed by atoms with Crippen LogP contribution in [0.3, 0.4) is 0 Å². The molecular weight excluding hydrogens is 168 g/mol. The van der Waals surface area contributed by atoms with E-state index >= 15 is 0 Å². The van der Waals surface area contributed by atoms with Crippen LogP contribution < -0.4 is 0 Å². The third-order valence-electron chi connectivity index (χ3n) is 1.64. The minimum absolute atomic E-state index is 0.542. The third kappa shape index (κ3) is 2.34. The number of hydrogen-bond donors (Lipinski definition) is 2. The van der Waals surface area contributed by atoms with Crippen LogP contribution in [-0.2, 0) is 0 Å². The largest absolute Gasteiger partial charge is 0.389 e. The van der Waals surface area contributed by atoms with Gasteiger partial charge in [-0.15, -0.1) is 0 Å². The van der Waals surface area contributed by atoms with Crippen LogP contribution in [0.25, 0.3) is 0 Å². The van der Waals surface area contributed by atoms with Crippen LogP contribution in [0.4, 0.5) is 0 Å². The number of rotatable bonds is 0. The van der Waals surface area contributed by atoms with Crippen molar-refractivity contribution in [3.8, 4) is 0 Å². The molecule has 1 aliphatic heterocycles. The van der Waals surface area contributed by atoms with Crippen molar-refractivity contribution in [2.45, 2.75) is 18.9 Å². The van der Waals surface area contributed by atoms with Crippen molar-refractivity contribution in [2.75, 3.05) is 17.8 Å². The van der Waals surface area contributed by atoms with Crippen molar-refractivity contribution in [3.05, 3.63) is 0 Å². The van der Waals surface area contributed by atoms with Gasteiger partial charge in [0.2, 0.25) is 0 Å². The summed E-state index contributed by atoms with van der Waals surface area (Å²) in [7, 11) is 0.119. The molecule has 2 N–H and O–H groups in total. The lowest BCUT2D eigenvalue weighted by Gasteiger charge is -2.39. The Balaban J connectivity index is 2.46. The van der Waals surface area contributed by atoms with Gasteiger partial charge in [0.1, 0.15) is 0 Å². The second-order valence-corrected chi connectivity index (χ2v) is 8.89. The van der Waals surface area contributed by atoms with Crippen LogP contribution in [0.2, 0.25) is 0 Å². The van der Waals surface area contributed by atoms with Gasteiger partial charge in [-0.3, -0.25) is 0 Å². The van der Waals surface area contributed by atoms with Crippen molar-refractivity contribution >= 4 is 20.1 Å². The van der Waals surface area contributed by atoms with E-state index in [0.29, 0.717) is 5.75 Å². The average Bonchev–Trinajstić information content (AvgIpc) is 1.79. The molecule has 2 nitrogen and oxygen atoms in total. The Morgan fingerprint density at radius 1 is 1.60 bits per heavy atom. The van der Waals surface area contributed by atoms with E-state index < -0.39 is 14.9 Å². The highest BCUT2D eigenvalue weighted by Gasteiger charge is 2.32. The summed E-state index contributed by atoms with van der Waals surface area (Å²) in [4.78, 5) is 0. The summed E-state index contributed by atoms with van der Waals surface area (Å²) in [5.41, 5.74) is -0.542. The van der Waals surface area contributed by atoms with Gasteiger partial charge in [0.25, 0.3) is 0 Å². The SMILES string of the molecule is CC1(O)CCS(C)(O)SC1. The molecule has 0 bridgehead atoms. The van der Waals surface area contributed by atoms with E-state index in [4.69, 9.17) is 0 Å². The quantitative estimate of drug-likeness (QED) is 0.560. The molecular formula is C6H14O2S2. The Morgan fingerprint density at radius 3 is 2.50 bits per heavy atom. The van der Waals surface area contributed by atoms with E-state index in [1.807, 2.05) is 13.2 Å². The lowest BCUT2D eigenvalue weighted by molar-refractivity contribution is 0.0816. The molecule has 2 unspecified atom stereocenters. The standard InChI is InChI=1S/C6H14O2S2/c1-6(7)3-4-10(2,8)9-5-6/h7-8H,3-5H2,1-2H3. The Morgan fingerprint density at radius 2 is 2.20 bits per heavy atom. The first kappa shape index (κ1) is 8.71. The molecule has 1 saturated heterocycles. The Bertz CT molecular complexity index is 106. The van der Waals surface area contributed by atoms with Crippen LogP contribution in [-0.4, -0.2) is 33.0 Å². The fourth-order valence-corrected chi connectivity index (χ4v) is 4.51. The van der Waals surface area contributed by atoms with Gasteiger partial charge in [-0.2, -0.15) is 0 Å². The van der Waals surface area contributed by atoms with Gasteiger partial charge in [-0.25, -0.2) is 0 Å². The van der Waals surface area contributed by atoms with Crippen LogP contribution >= 0.6 is 20.1 Å². The molecule has 1 aliphatic rings. The van der Waals surface area contributed by atoms with E-state index in [0.717, 1.165) is 12.2 Å². The summed E-state index contributed by atoms with van der Waals surface area (Å²) in [5, 5.41) is 9.49.